The molecule has 0 rings (SSSR count). The van der Waals surface area contributed by atoms with E-state index in [0.717, 1.165) is 25.7 Å². The number of hydrogen-bond donors (Lipinski definition) is 2. The Hall–Kier alpha value is -0.130. The third-order valence-electron chi connectivity index (χ3n) is 1.90. The first kappa shape index (κ1) is 12.9. The summed E-state index contributed by atoms with van der Waals surface area (Å²) in [5.74, 6) is 0. The fourth-order valence-corrected chi connectivity index (χ4v) is 1.54. The Balaban J connectivity index is 3.44. The van der Waals surface area contributed by atoms with E-state index in [1.54, 1.807) is 0 Å². The lowest BCUT2D eigenvalue weighted by atomic mass is 10.1. The minimum atomic E-state index is -4.24. The van der Waals surface area contributed by atoms with Gasteiger partial charge in [0.2, 0.25) is 0 Å². The highest BCUT2D eigenvalue weighted by molar-refractivity contribution is 7.86. The number of aliphatic hydroxyl groups is 1. The minimum absolute atomic E-state index is 0.128. The van der Waals surface area contributed by atoms with Crippen LogP contribution in [0.3, 0.4) is 0 Å². The maximum absolute atomic E-state index is 10.4. The van der Waals surface area contributed by atoms with E-state index in [-0.39, 0.29) is 6.42 Å². The van der Waals surface area contributed by atoms with E-state index in [0.29, 0.717) is 6.42 Å². The van der Waals surface area contributed by atoms with Crippen LogP contribution in [0, 0.1) is 0 Å². The molecule has 0 saturated heterocycles. The number of hydrogen-bond acceptors (Lipinski definition) is 3. The predicted octanol–water partition coefficient (Wildman–Crippen LogP) is 1.55. The quantitative estimate of drug-likeness (QED) is 0.494. The molecule has 0 aliphatic heterocycles. The van der Waals surface area contributed by atoms with Crippen LogP contribution >= 0.6 is 0 Å². The molecule has 0 aliphatic carbocycles. The molecule has 0 aromatic carbocycles. The van der Waals surface area contributed by atoms with Crippen molar-refractivity contribution in [2.45, 2.75) is 50.9 Å². The van der Waals surface area contributed by atoms with E-state index < -0.39 is 15.6 Å². The molecule has 0 aromatic heterocycles. The first-order chi connectivity index (χ1) is 5.98. The molecule has 0 saturated carbocycles. The van der Waals surface area contributed by atoms with Crippen LogP contribution in [0.25, 0.3) is 0 Å². The monoisotopic (exact) mass is 210 g/mol. The molecule has 5 heteroatoms. The van der Waals surface area contributed by atoms with Crippen LogP contribution in [0.5, 0.6) is 0 Å². The van der Waals surface area contributed by atoms with Gasteiger partial charge in [-0.2, -0.15) is 8.42 Å². The van der Waals surface area contributed by atoms with Gasteiger partial charge in [-0.25, -0.2) is 0 Å². The minimum Gasteiger partial charge on any atom is -0.375 e. The maximum atomic E-state index is 10.4. The second-order valence-corrected chi connectivity index (χ2v) is 4.75. The summed E-state index contributed by atoms with van der Waals surface area (Å²) < 4.78 is 29.1. The standard InChI is InChI=1S/C8H18O4S/c1-2-3-4-5-6-7-8(9)13(10,11)12/h8-9H,2-7H2,1H3,(H,10,11,12)/t8-/m0/s1. The molecule has 0 radical (unpaired) electrons. The predicted molar refractivity (Wildman–Crippen MR) is 50.9 cm³/mol. The van der Waals surface area contributed by atoms with E-state index >= 15 is 0 Å². The van der Waals surface area contributed by atoms with Crippen molar-refractivity contribution in [2.24, 2.45) is 0 Å². The van der Waals surface area contributed by atoms with E-state index in [9.17, 15) is 8.42 Å². The Kier molecular flexibility index (Phi) is 6.28. The Morgan fingerprint density at radius 3 is 2.15 bits per heavy atom. The summed E-state index contributed by atoms with van der Waals surface area (Å²) in [5, 5.41) is 8.90. The Labute approximate surface area is 79.7 Å². The van der Waals surface area contributed by atoms with Gasteiger partial charge >= 0.3 is 0 Å². The van der Waals surface area contributed by atoms with Gasteiger partial charge in [-0.3, -0.25) is 4.55 Å². The van der Waals surface area contributed by atoms with Crippen LogP contribution in [0.15, 0.2) is 0 Å². The van der Waals surface area contributed by atoms with Gasteiger partial charge < -0.3 is 5.11 Å². The zero-order valence-corrected chi connectivity index (χ0v) is 8.76. The average molecular weight is 210 g/mol. The lowest BCUT2D eigenvalue weighted by Gasteiger charge is -2.05. The molecule has 0 fully saturated rings. The molecular weight excluding hydrogens is 192 g/mol. The van der Waals surface area contributed by atoms with E-state index in [1.807, 2.05) is 0 Å². The summed E-state index contributed by atoms with van der Waals surface area (Å²) in [6, 6.07) is 0. The van der Waals surface area contributed by atoms with Crippen LogP contribution in [0.4, 0.5) is 0 Å². The topological polar surface area (TPSA) is 74.6 Å². The molecule has 0 amide bonds. The van der Waals surface area contributed by atoms with Crippen molar-refractivity contribution in [3.05, 3.63) is 0 Å². The van der Waals surface area contributed by atoms with E-state index in [1.165, 1.54) is 0 Å². The lowest BCUT2D eigenvalue weighted by molar-refractivity contribution is 0.219. The Morgan fingerprint density at radius 1 is 1.15 bits per heavy atom. The van der Waals surface area contributed by atoms with Crippen molar-refractivity contribution in [1.29, 1.82) is 0 Å². The first-order valence-electron chi connectivity index (χ1n) is 4.63. The third kappa shape index (κ3) is 6.98. The summed E-state index contributed by atoms with van der Waals surface area (Å²) in [7, 11) is -4.24. The molecule has 0 spiro atoms. The molecule has 0 heterocycles. The van der Waals surface area contributed by atoms with Crippen LogP contribution < -0.4 is 0 Å². The number of aliphatic hydroxyl groups excluding tert-OH is 1. The molecule has 2 N–H and O–H groups in total. The van der Waals surface area contributed by atoms with Crippen LogP contribution in [0.1, 0.15) is 45.4 Å². The van der Waals surface area contributed by atoms with Crippen molar-refractivity contribution in [1.82, 2.24) is 0 Å². The van der Waals surface area contributed by atoms with Gasteiger partial charge in [0.15, 0.2) is 5.44 Å². The fourth-order valence-electron chi connectivity index (χ4n) is 1.07. The summed E-state index contributed by atoms with van der Waals surface area (Å²) >= 11 is 0. The van der Waals surface area contributed by atoms with Gasteiger partial charge in [-0.1, -0.05) is 32.6 Å². The highest BCUT2D eigenvalue weighted by Gasteiger charge is 2.17. The van der Waals surface area contributed by atoms with Crippen molar-refractivity contribution < 1.29 is 18.1 Å². The van der Waals surface area contributed by atoms with E-state index in [4.69, 9.17) is 9.66 Å². The molecule has 0 aromatic rings. The summed E-state index contributed by atoms with van der Waals surface area (Å²) in [4.78, 5) is 0. The number of unbranched alkanes of at least 4 members (excludes halogenated alkanes) is 4. The summed E-state index contributed by atoms with van der Waals surface area (Å²) in [6.07, 6.45) is 4.97. The first-order valence-corrected chi connectivity index (χ1v) is 6.13. The van der Waals surface area contributed by atoms with Gasteiger partial charge in [-0.05, 0) is 12.8 Å². The second kappa shape index (κ2) is 6.34. The maximum Gasteiger partial charge on any atom is 0.291 e. The van der Waals surface area contributed by atoms with Gasteiger partial charge in [0.25, 0.3) is 10.1 Å². The van der Waals surface area contributed by atoms with Crippen molar-refractivity contribution in [3.63, 3.8) is 0 Å². The highest BCUT2D eigenvalue weighted by atomic mass is 32.2. The summed E-state index contributed by atoms with van der Waals surface area (Å²) in [6.45, 7) is 2.09. The average Bonchev–Trinajstić information content (AvgIpc) is 2.02. The molecule has 1 atom stereocenters. The van der Waals surface area contributed by atoms with Crippen LogP contribution in [0.2, 0.25) is 0 Å². The SMILES string of the molecule is CCCCCCC[C@@H](O)S(=O)(=O)O. The van der Waals surface area contributed by atoms with Crippen LogP contribution in [-0.2, 0) is 10.1 Å². The third-order valence-corrected chi connectivity index (χ3v) is 2.82. The van der Waals surface area contributed by atoms with E-state index in [2.05, 4.69) is 6.92 Å². The smallest absolute Gasteiger partial charge is 0.291 e. The van der Waals surface area contributed by atoms with Crippen molar-refractivity contribution in [3.8, 4) is 0 Å². The number of rotatable bonds is 7. The molecule has 80 valence electrons. The van der Waals surface area contributed by atoms with Crippen molar-refractivity contribution >= 4 is 10.1 Å². The molecule has 0 unspecified atom stereocenters. The largest absolute Gasteiger partial charge is 0.375 e. The summed E-state index contributed by atoms with van der Waals surface area (Å²) in [5.41, 5.74) is -1.60. The molecule has 4 nitrogen and oxygen atoms in total. The van der Waals surface area contributed by atoms with Crippen molar-refractivity contribution in [2.75, 3.05) is 0 Å². The fraction of sp³-hybridized carbons (Fsp3) is 1.00. The van der Waals surface area contributed by atoms with Gasteiger partial charge in [-0.15, -0.1) is 0 Å². The normalized spacial score (nSPS) is 14.4. The zero-order valence-electron chi connectivity index (χ0n) is 7.94. The zero-order chi connectivity index (χ0) is 10.3. The highest BCUT2D eigenvalue weighted by Crippen LogP contribution is 2.09. The van der Waals surface area contributed by atoms with Crippen LogP contribution in [-0.4, -0.2) is 23.5 Å². The Morgan fingerprint density at radius 2 is 1.69 bits per heavy atom. The Bertz CT molecular complexity index is 210. The molecule has 0 bridgehead atoms. The molecule has 0 aliphatic rings. The lowest BCUT2D eigenvalue weighted by Crippen LogP contribution is -2.19. The van der Waals surface area contributed by atoms with Gasteiger partial charge in [0.05, 0.1) is 0 Å². The molecular formula is C8H18O4S. The van der Waals surface area contributed by atoms with Gasteiger partial charge in [0.1, 0.15) is 0 Å². The molecule has 13 heavy (non-hydrogen) atoms. The second-order valence-electron chi connectivity index (χ2n) is 3.17. The van der Waals surface area contributed by atoms with Gasteiger partial charge in [0, 0.05) is 0 Å².